The highest BCUT2D eigenvalue weighted by Crippen LogP contribution is 2.39. The molecule has 3 saturated heterocycles. The third-order valence-corrected chi connectivity index (χ3v) is 5.82. The molecule has 0 N–H and O–H groups in total. The number of aromatic nitrogens is 1. The lowest BCUT2D eigenvalue weighted by atomic mass is 9.88. The fraction of sp³-hybridized carbons (Fsp3) is 0.632. The quantitative estimate of drug-likeness (QED) is 0.822. The van der Waals surface area contributed by atoms with E-state index < -0.39 is 0 Å². The van der Waals surface area contributed by atoms with Crippen molar-refractivity contribution >= 4 is 11.8 Å². The molecule has 1 aromatic rings. The fourth-order valence-corrected chi connectivity index (χ4v) is 4.29. The molecular formula is C19H25N3O3. The first kappa shape index (κ1) is 16.5. The number of hydrogen-bond donors (Lipinski definition) is 0. The third kappa shape index (κ3) is 3.27. The van der Waals surface area contributed by atoms with Gasteiger partial charge in [0.1, 0.15) is 6.10 Å². The van der Waals surface area contributed by atoms with E-state index >= 15 is 0 Å². The van der Waals surface area contributed by atoms with Crippen LogP contribution in [0, 0.1) is 0 Å². The number of piperidine rings is 1. The number of hydrogen-bond acceptors (Lipinski definition) is 4. The Morgan fingerprint density at radius 2 is 1.84 bits per heavy atom. The topological polar surface area (TPSA) is 62.7 Å². The van der Waals surface area contributed by atoms with Gasteiger partial charge in [-0.25, -0.2) is 0 Å². The number of rotatable bonds is 2. The SMILES string of the molecule is O=C(c1cccnc1)N1CCC2(CC[C@H](C(=O)N3CCCC3)O2)CC1. The maximum absolute atomic E-state index is 12.6. The smallest absolute Gasteiger partial charge is 0.255 e. The molecule has 0 unspecified atom stereocenters. The summed E-state index contributed by atoms with van der Waals surface area (Å²) in [6.45, 7) is 3.11. The molecule has 2 amide bonds. The van der Waals surface area contributed by atoms with Crippen LogP contribution in [0.5, 0.6) is 0 Å². The lowest BCUT2D eigenvalue weighted by Crippen LogP contribution is -2.47. The van der Waals surface area contributed by atoms with E-state index in [-0.39, 0.29) is 23.5 Å². The number of ether oxygens (including phenoxy) is 1. The predicted molar refractivity (Wildman–Crippen MR) is 92.0 cm³/mol. The molecule has 0 bridgehead atoms. The monoisotopic (exact) mass is 343 g/mol. The molecule has 3 aliphatic heterocycles. The summed E-state index contributed by atoms with van der Waals surface area (Å²) in [4.78, 5) is 32.9. The molecular weight excluding hydrogens is 318 g/mol. The summed E-state index contributed by atoms with van der Waals surface area (Å²) >= 11 is 0. The Balaban J connectivity index is 1.34. The molecule has 1 atom stereocenters. The number of carbonyl (C=O) groups excluding carboxylic acids is 2. The molecule has 0 aromatic carbocycles. The van der Waals surface area contributed by atoms with Crippen LogP contribution in [-0.4, -0.2) is 64.5 Å². The standard InChI is InChI=1S/C19H25N3O3/c23-17(15-4-3-9-20-14-15)22-12-7-19(8-13-22)6-5-16(25-19)18(24)21-10-1-2-11-21/h3-4,9,14,16H,1-2,5-8,10-13H2/t16-/m1/s1. The first-order chi connectivity index (χ1) is 12.2. The molecule has 1 spiro atoms. The van der Waals surface area contributed by atoms with Gasteiger partial charge in [-0.3, -0.25) is 14.6 Å². The van der Waals surface area contributed by atoms with Crippen LogP contribution in [0.1, 0.15) is 48.9 Å². The first-order valence-electron chi connectivity index (χ1n) is 9.33. The van der Waals surface area contributed by atoms with Crippen LogP contribution in [-0.2, 0) is 9.53 Å². The number of pyridine rings is 1. The van der Waals surface area contributed by atoms with E-state index in [1.165, 1.54) is 0 Å². The molecule has 4 heterocycles. The summed E-state index contributed by atoms with van der Waals surface area (Å²) in [6.07, 6.45) is 8.57. The molecule has 6 heteroatoms. The number of nitrogens with zero attached hydrogens (tertiary/aromatic N) is 3. The van der Waals surface area contributed by atoms with E-state index in [1.807, 2.05) is 9.80 Å². The zero-order valence-electron chi connectivity index (χ0n) is 14.5. The van der Waals surface area contributed by atoms with Crippen LogP contribution in [0.15, 0.2) is 24.5 Å². The van der Waals surface area contributed by atoms with E-state index in [1.54, 1.807) is 24.5 Å². The minimum Gasteiger partial charge on any atom is -0.362 e. The van der Waals surface area contributed by atoms with Crippen molar-refractivity contribution in [3.05, 3.63) is 30.1 Å². The number of amides is 2. The minimum atomic E-state index is -0.279. The molecule has 1 aromatic heterocycles. The van der Waals surface area contributed by atoms with Crippen LogP contribution in [0.4, 0.5) is 0 Å². The molecule has 25 heavy (non-hydrogen) atoms. The van der Waals surface area contributed by atoms with Gasteiger partial charge in [0.25, 0.3) is 11.8 Å². The molecule has 0 aliphatic carbocycles. The average molecular weight is 343 g/mol. The second-order valence-corrected chi connectivity index (χ2v) is 7.39. The van der Waals surface area contributed by atoms with Crippen LogP contribution in [0.3, 0.4) is 0 Å². The maximum Gasteiger partial charge on any atom is 0.255 e. The summed E-state index contributed by atoms with van der Waals surface area (Å²) < 4.78 is 6.26. The van der Waals surface area contributed by atoms with Gasteiger partial charge in [-0.15, -0.1) is 0 Å². The summed E-state index contributed by atoms with van der Waals surface area (Å²) in [5, 5.41) is 0. The van der Waals surface area contributed by atoms with Gasteiger partial charge in [0, 0.05) is 38.6 Å². The molecule has 0 radical (unpaired) electrons. The van der Waals surface area contributed by atoms with Crippen LogP contribution in [0.2, 0.25) is 0 Å². The Morgan fingerprint density at radius 3 is 2.52 bits per heavy atom. The van der Waals surface area contributed by atoms with Gasteiger partial charge < -0.3 is 14.5 Å². The Morgan fingerprint density at radius 1 is 1.08 bits per heavy atom. The van der Waals surface area contributed by atoms with Crippen molar-refractivity contribution in [3.8, 4) is 0 Å². The van der Waals surface area contributed by atoms with Gasteiger partial charge in [-0.05, 0) is 50.7 Å². The van der Waals surface area contributed by atoms with Crippen LogP contribution < -0.4 is 0 Å². The van der Waals surface area contributed by atoms with Crippen molar-refractivity contribution in [2.45, 2.75) is 50.2 Å². The van der Waals surface area contributed by atoms with E-state index in [0.717, 1.165) is 51.6 Å². The van der Waals surface area contributed by atoms with Crippen molar-refractivity contribution in [1.29, 1.82) is 0 Å². The van der Waals surface area contributed by atoms with Gasteiger partial charge in [0.2, 0.25) is 0 Å². The van der Waals surface area contributed by atoms with Crippen LogP contribution >= 0.6 is 0 Å². The second kappa shape index (κ2) is 6.75. The Labute approximate surface area is 148 Å². The van der Waals surface area contributed by atoms with E-state index in [9.17, 15) is 9.59 Å². The normalized spacial score (nSPS) is 25.5. The van der Waals surface area contributed by atoms with Gasteiger partial charge in [0.15, 0.2) is 0 Å². The third-order valence-electron chi connectivity index (χ3n) is 5.82. The zero-order valence-corrected chi connectivity index (χ0v) is 14.5. The summed E-state index contributed by atoms with van der Waals surface area (Å²) in [7, 11) is 0. The first-order valence-corrected chi connectivity index (χ1v) is 9.33. The van der Waals surface area contributed by atoms with E-state index in [2.05, 4.69) is 4.98 Å². The average Bonchev–Trinajstić information content (AvgIpc) is 3.33. The number of carbonyl (C=O) groups is 2. The lowest BCUT2D eigenvalue weighted by Gasteiger charge is -2.39. The van der Waals surface area contributed by atoms with Gasteiger partial charge in [0.05, 0.1) is 11.2 Å². The van der Waals surface area contributed by atoms with Gasteiger partial charge in [-0.1, -0.05) is 0 Å². The van der Waals surface area contributed by atoms with E-state index in [0.29, 0.717) is 18.7 Å². The van der Waals surface area contributed by atoms with Gasteiger partial charge in [-0.2, -0.15) is 0 Å². The van der Waals surface area contributed by atoms with E-state index in [4.69, 9.17) is 4.74 Å². The van der Waals surface area contributed by atoms with Crippen molar-refractivity contribution in [2.24, 2.45) is 0 Å². The minimum absolute atomic E-state index is 0.0330. The largest absolute Gasteiger partial charge is 0.362 e. The van der Waals surface area contributed by atoms with Crippen LogP contribution in [0.25, 0.3) is 0 Å². The Bertz CT molecular complexity index is 635. The molecule has 134 valence electrons. The highest BCUT2D eigenvalue weighted by molar-refractivity contribution is 5.93. The predicted octanol–water partition coefficient (Wildman–Crippen LogP) is 1.86. The van der Waals surface area contributed by atoms with Crippen molar-refractivity contribution in [1.82, 2.24) is 14.8 Å². The molecule has 3 fully saturated rings. The van der Waals surface area contributed by atoms with Crippen molar-refractivity contribution in [3.63, 3.8) is 0 Å². The fourth-order valence-electron chi connectivity index (χ4n) is 4.29. The lowest BCUT2D eigenvalue weighted by molar-refractivity contribution is -0.149. The highest BCUT2D eigenvalue weighted by Gasteiger charge is 2.46. The molecule has 6 nitrogen and oxygen atoms in total. The summed E-state index contributed by atoms with van der Waals surface area (Å²) in [5.41, 5.74) is 0.416. The molecule has 3 aliphatic rings. The summed E-state index contributed by atoms with van der Waals surface area (Å²) in [5.74, 6) is 0.203. The Kier molecular flexibility index (Phi) is 4.46. The highest BCUT2D eigenvalue weighted by atomic mass is 16.5. The van der Waals surface area contributed by atoms with Crippen molar-refractivity contribution < 1.29 is 14.3 Å². The Hall–Kier alpha value is -1.95. The zero-order chi connectivity index (χ0) is 17.3. The van der Waals surface area contributed by atoms with Gasteiger partial charge >= 0.3 is 0 Å². The summed E-state index contributed by atoms with van der Waals surface area (Å²) in [6, 6.07) is 3.59. The maximum atomic E-state index is 12.6. The second-order valence-electron chi connectivity index (χ2n) is 7.39. The molecule has 0 saturated carbocycles. The van der Waals surface area contributed by atoms with Crippen molar-refractivity contribution in [2.75, 3.05) is 26.2 Å². The molecule has 4 rings (SSSR count). The number of likely N-dealkylation sites (tertiary alicyclic amines) is 2.